The van der Waals surface area contributed by atoms with Crippen molar-refractivity contribution in [2.75, 3.05) is 13.1 Å². The molecule has 0 radical (unpaired) electrons. The summed E-state index contributed by atoms with van der Waals surface area (Å²) in [4.78, 5) is 24.3. The summed E-state index contributed by atoms with van der Waals surface area (Å²) in [6.07, 6.45) is 10.3. The normalized spacial score (nSPS) is 24.2. The number of rotatable bonds is 6. The number of thiazole rings is 1. The van der Waals surface area contributed by atoms with E-state index in [0.717, 1.165) is 50.0 Å². The Bertz CT molecular complexity index is 768. The Balaban J connectivity index is 1.33. The molecule has 7 heteroatoms. The van der Waals surface area contributed by atoms with E-state index in [0.29, 0.717) is 5.25 Å². The number of carbonyl (C=O) groups excluding carboxylic acids is 1. The van der Waals surface area contributed by atoms with Gasteiger partial charge in [-0.1, -0.05) is 17.8 Å². The average Bonchev–Trinajstić information content (AvgIpc) is 3.37. The fourth-order valence-corrected chi connectivity index (χ4v) is 6.49. The fourth-order valence-electron chi connectivity index (χ4n) is 4.20. The molecular weight excluding hydrogens is 388 g/mol. The topological polar surface area (TPSA) is 58.1 Å². The number of hydrogen-bond donors (Lipinski definition) is 1. The molecule has 2 aliphatic rings. The van der Waals surface area contributed by atoms with Crippen molar-refractivity contribution in [3.8, 4) is 0 Å². The minimum atomic E-state index is -0.207. The number of aryl methyl sites for hydroxylation is 1. The van der Waals surface area contributed by atoms with Crippen molar-refractivity contribution in [1.29, 1.82) is 0 Å². The number of aromatic nitrogens is 2. The fraction of sp³-hybridized carbons (Fsp3) is 0.571. The summed E-state index contributed by atoms with van der Waals surface area (Å²) in [5.41, 5.74) is 2.11. The van der Waals surface area contributed by atoms with Gasteiger partial charge in [-0.05, 0) is 70.2 Å². The highest BCUT2D eigenvalue weighted by Gasteiger charge is 2.32. The molecular formula is C21H28N4OS2. The van der Waals surface area contributed by atoms with Gasteiger partial charge in [-0.25, -0.2) is 4.98 Å². The Morgan fingerprint density at radius 3 is 2.71 bits per heavy atom. The molecule has 1 N–H and O–H groups in total. The van der Waals surface area contributed by atoms with Gasteiger partial charge < -0.3 is 5.32 Å². The second kappa shape index (κ2) is 9.37. The lowest BCUT2D eigenvalue weighted by atomic mass is 9.94. The lowest BCUT2D eigenvalue weighted by Crippen LogP contribution is -2.45. The number of pyridine rings is 1. The van der Waals surface area contributed by atoms with Crippen molar-refractivity contribution in [3.63, 3.8) is 0 Å². The molecule has 0 spiro atoms. The maximum atomic E-state index is 13.2. The van der Waals surface area contributed by atoms with E-state index in [1.165, 1.54) is 17.2 Å². The molecule has 2 aromatic rings. The highest BCUT2D eigenvalue weighted by molar-refractivity contribution is 8.01. The maximum Gasteiger partial charge on any atom is 0.242 e. The number of nitrogens with one attached hydrogen (secondary N) is 1. The van der Waals surface area contributed by atoms with E-state index in [2.05, 4.69) is 25.6 Å². The summed E-state index contributed by atoms with van der Waals surface area (Å²) < 4.78 is 1.18. The highest BCUT2D eigenvalue weighted by atomic mass is 32.2. The number of hydrogen-bond acceptors (Lipinski definition) is 6. The van der Waals surface area contributed by atoms with Crippen molar-refractivity contribution >= 4 is 29.0 Å². The van der Waals surface area contributed by atoms with Gasteiger partial charge in [0.05, 0.1) is 0 Å². The van der Waals surface area contributed by atoms with Crippen LogP contribution in [0.4, 0.5) is 0 Å². The first-order valence-electron chi connectivity index (χ1n) is 10.2. The number of nitrogens with zero attached hydrogens (tertiary/aromatic N) is 3. The van der Waals surface area contributed by atoms with Crippen LogP contribution in [0.15, 0.2) is 34.2 Å². The van der Waals surface area contributed by atoms with Crippen LogP contribution in [0.5, 0.6) is 0 Å². The van der Waals surface area contributed by atoms with Crippen LogP contribution in [-0.2, 0) is 4.79 Å². The van der Waals surface area contributed by atoms with Gasteiger partial charge in [0.25, 0.3) is 0 Å². The smallest absolute Gasteiger partial charge is 0.242 e. The lowest BCUT2D eigenvalue weighted by Gasteiger charge is -2.32. The van der Waals surface area contributed by atoms with E-state index in [-0.39, 0.29) is 18.0 Å². The minimum absolute atomic E-state index is 0.140. The summed E-state index contributed by atoms with van der Waals surface area (Å²) in [5, 5.41) is 6.09. The molecule has 1 saturated heterocycles. The summed E-state index contributed by atoms with van der Waals surface area (Å²) >= 11 is 3.65. The number of amides is 1. The number of thioether (sulfide) groups is 1. The van der Waals surface area contributed by atoms with Crippen molar-refractivity contribution in [1.82, 2.24) is 20.2 Å². The third-order valence-electron chi connectivity index (χ3n) is 5.64. The standard InChI is InChI=1S/C21H28N4OS2/c1-15-14-27-21(23-15)28-18-8-6-17(7-9-18)24-20(26)19(25-11-2-3-12-25)16-5-4-10-22-13-16/h4-5,10,13-14,17-19H,2-3,6-9,11-12H2,1H3,(H,24,26). The van der Waals surface area contributed by atoms with E-state index >= 15 is 0 Å². The van der Waals surface area contributed by atoms with Crippen LogP contribution in [0, 0.1) is 6.92 Å². The molecule has 4 rings (SSSR count). The van der Waals surface area contributed by atoms with Crippen LogP contribution in [-0.4, -0.2) is 45.2 Å². The van der Waals surface area contributed by atoms with Gasteiger partial charge in [-0.3, -0.25) is 14.7 Å². The Hall–Kier alpha value is -1.44. The number of carbonyl (C=O) groups is 1. The Morgan fingerprint density at radius 1 is 1.29 bits per heavy atom. The third kappa shape index (κ3) is 4.93. The molecule has 1 atom stereocenters. The molecule has 1 unspecified atom stereocenters. The highest BCUT2D eigenvalue weighted by Crippen LogP contribution is 2.35. The van der Waals surface area contributed by atoms with Crippen LogP contribution in [0.25, 0.3) is 0 Å². The molecule has 1 amide bonds. The summed E-state index contributed by atoms with van der Waals surface area (Å²) in [6.45, 7) is 4.03. The first-order valence-corrected chi connectivity index (χ1v) is 12.0. The molecule has 1 aliphatic carbocycles. The van der Waals surface area contributed by atoms with E-state index in [1.54, 1.807) is 17.5 Å². The summed E-state index contributed by atoms with van der Waals surface area (Å²) in [7, 11) is 0. The van der Waals surface area contributed by atoms with Gasteiger partial charge in [0.2, 0.25) is 5.91 Å². The van der Waals surface area contributed by atoms with Gasteiger partial charge in [0.1, 0.15) is 10.4 Å². The third-order valence-corrected chi connectivity index (χ3v) is 8.07. The Labute approximate surface area is 175 Å². The number of likely N-dealkylation sites (tertiary alicyclic amines) is 1. The lowest BCUT2D eigenvalue weighted by molar-refractivity contribution is -0.127. The predicted molar refractivity (Wildman–Crippen MR) is 115 cm³/mol. The molecule has 2 fully saturated rings. The van der Waals surface area contributed by atoms with E-state index in [4.69, 9.17) is 0 Å². The van der Waals surface area contributed by atoms with Crippen molar-refractivity contribution in [2.45, 2.75) is 67.1 Å². The zero-order valence-corrected chi connectivity index (χ0v) is 18.0. The van der Waals surface area contributed by atoms with Crippen LogP contribution in [0.2, 0.25) is 0 Å². The van der Waals surface area contributed by atoms with Crippen LogP contribution >= 0.6 is 23.1 Å². The predicted octanol–water partition coefficient (Wildman–Crippen LogP) is 4.20. The first-order chi connectivity index (χ1) is 13.7. The van der Waals surface area contributed by atoms with Crippen molar-refractivity contribution < 1.29 is 4.79 Å². The Morgan fingerprint density at radius 2 is 2.07 bits per heavy atom. The van der Waals surface area contributed by atoms with Gasteiger partial charge in [0, 0.05) is 34.8 Å². The van der Waals surface area contributed by atoms with E-state index in [1.807, 2.05) is 37.0 Å². The minimum Gasteiger partial charge on any atom is -0.352 e. The van der Waals surface area contributed by atoms with E-state index in [9.17, 15) is 4.79 Å². The molecule has 5 nitrogen and oxygen atoms in total. The van der Waals surface area contributed by atoms with E-state index < -0.39 is 0 Å². The maximum absolute atomic E-state index is 13.2. The van der Waals surface area contributed by atoms with Crippen molar-refractivity contribution in [2.24, 2.45) is 0 Å². The SMILES string of the molecule is Cc1csc(SC2CCC(NC(=O)C(c3cccnc3)N3CCCC3)CC2)n1. The quantitative estimate of drug-likeness (QED) is 0.765. The van der Waals surface area contributed by atoms with Crippen molar-refractivity contribution in [3.05, 3.63) is 41.2 Å². The molecule has 150 valence electrons. The monoisotopic (exact) mass is 416 g/mol. The van der Waals surface area contributed by atoms with Gasteiger partial charge in [-0.2, -0.15) is 0 Å². The summed E-state index contributed by atoms with van der Waals surface area (Å²) in [5.74, 6) is 0.140. The second-order valence-electron chi connectivity index (χ2n) is 7.79. The van der Waals surface area contributed by atoms with Gasteiger partial charge in [0.15, 0.2) is 0 Å². The molecule has 1 saturated carbocycles. The van der Waals surface area contributed by atoms with Crippen LogP contribution in [0.1, 0.15) is 55.8 Å². The molecule has 3 heterocycles. The molecule has 0 aromatic carbocycles. The Kier molecular flexibility index (Phi) is 6.65. The first kappa shape index (κ1) is 19.9. The van der Waals surface area contributed by atoms with Crippen LogP contribution < -0.4 is 5.32 Å². The molecule has 0 bridgehead atoms. The molecule has 28 heavy (non-hydrogen) atoms. The summed E-state index contributed by atoms with van der Waals surface area (Å²) in [6, 6.07) is 4.03. The molecule has 1 aliphatic heterocycles. The zero-order valence-electron chi connectivity index (χ0n) is 16.3. The largest absolute Gasteiger partial charge is 0.352 e. The van der Waals surface area contributed by atoms with Crippen LogP contribution in [0.3, 0.4) is 0 Å². The second-order valence-corrected chi connectivity index (χ2v) is 10.2. The zero-order chi connectivity index (χ0) is 19.3. The van der Waals surface area contributed by atoms with Gasteiger partial charge >= 0.3 is 0 Å². The molecule has 2 aromatic heterocycles. The van der Waals surface area contributed by atoms with Gasteiger partial charge in [-0.15, -0.1) is 11.3 Å². The average molecular weight is 417 g/mol.